The van der Waals surface area contributed by atoms with Gasteiger partial charge in [-0.25, -0.2) is 0 Å². The summed E-state index contributed by atoms with van der Waals surface area (Å²) >= 11 is 0. The first-order valence-electron chi connectivity index (χ1n) is 8.85. The van der Waals surface area contributed by atoms with E-state index in [9.17, 15) is 14.4 Å². The highest BCUT2D eigenvalue weighted by Crippen LogP contribution is 2.12. The molecule has 2 heterocycles. The zero-order valence-electron chi connectivity index (χ0n) is 14.9. The zero-order valence-corrected chi connectivity index (χ0v) is 14.9. The van der Waals surface area contributed by atoms with Crippen molar-refractivity contribution in [2.75, 3.05) is 26.2 Å². The van der Waals surface area contributed by atoms with E-state index in [1.807, 2.05) is 35.2 Å². The molecule has 0 atom stereocenters. The van der Waals surface area contributed by atoms with Gasteiger partial charge < -0.3 is 14.8 Å². The van der Waals surface area contributed by atoms with Gasteiger partial charge in [0.25, 0.3) is 5.91 Å². The van der Waals surface area contributed by atoms with Crippen LogP contribution in [-0.4, -0.2) is 58.6 Å². The highest BCUT2D eigenvalue weighted by molar-refractivity contribution is 5.99. The minimum Gasteiger partial charge on any atom is -0.356 e. The van der Waals surface area contributed by atoms with Crippen LogP contribution in [0.5, 0.6) is 0 Å². The predicted molar refractivity (Wildman–Crippen MR) is 98.0 cm³/mol. The quantitative estimate of drug-likeness (QED) is 0.837. The number of piperazine rings is 1. The van der Waals surface area contributed by atoms with E-state index in [0.717, 1.165) is 12.0 Å². The number of hydrogen-bond acceptors (Lipinski definition) is 3. The molecule has 0 radical (unpaired) electrons. The molecule has 2 aromatic rings. The van der Waals surface area contributed by atoms with Crippen LogP contribution in [0.4, 0.5) is 0 Å². The van der Waals surface area contributed by atoms with Gasteiger partial charge in [-0.1, -0.05) is 30.3 Å². The molecule has 0 saturated carbocycles. The van der Waals surface area contributed by atoms with Crippen molar-refractivity contribution in [2.24, 2.45) is 0 Å². The van der Waals surface area contributed by atoms with Crippen LogP contribution in [0.2, 0.25) is 0 Å². The summed E-state index contributed by atoms with van der Waals surface area (Å²) in [4.78, 5) is 42.6. The molecule has 6 heteroatoms. The first kappa shape index (κ1) is 17.9. The first-order chi connectivity index (χ1) is 12.5. The number of ketones is 1. The van der Waals surface area contributed by atoms with E-state index in [1.54, 1.807) is 17.2 Å². The maximum absolute atomic E-state index is 12.5. The molecule has 1 saturated heterocycles. The zero-order chi connectivity index (χ0) is 18.5. The number of aryl methyl sites for hydroxylation is 1. The molecular formula is C20H23N3O3. The van der Waals surface area contributed by atoms with Gasteiger partial charge in [0.2, 0.25) is 5.91 Å². The Bertz CT molecular complexity index is 790. The van der Waals surface area contributed by atoms with Crippen molar-refractivity contribution < 1.29 is 14.4 Å². The average Bonchev–Trinajstić information content (AvgIpc) is 3.17. The molecule has 1 N–H and O–H groups in total. The minimum atomic E-state index is -0.131. The van der Waals surface area contributed by atoms with Crippen LogP contribution in [-0.2, 0) is 11.2 Å². The standard InChI is InChI=1S/C20H23N3O3/c1-15(24)17-13-18(21-14-17)20(26)23-11-9-22(10-12-23)19(25)8-7-16-5-3-2-4-6-16/h2-6,13-14,21H,7-12H2,1H3. The van der Waals surface area contributed by atoms with Crippen LogP contribution >= 0.6 is 0 Å². The number of benzene rings is 1. The highest BCUT2D eigenvalue weighted by atomic mass is 16.2. The second-order valence-corrected chi connectivity index (χ2v) is 6.52. The van der Waals surface area contributed by atoms with Gasteiger partial charge in [0.15, 0.2) is 5.78 Å². The van der Waals surface area contributed by atoms with Gasteiger partial charge in [-0.05, 0) is 25.0 Å². The van der Waals surface area contributed by atoms with Crippen LogP contribution < -0.4 is 0 Å². The van der Waals surface area contributed by atoms with Gasteiger partial charge in [-0.15, -0.1) is 0 Å². The molecule has 0 aliphatic carbocycles. The van der Waals surface area contributed by atoms with Crippen LogP contribution in [0.3, 0.4) is 0 Å². The van der Waals surface area contributed by atoms with E-state index in [2.05, 4.69) is 4.98 Å². The van der Waals surface area contributed by atoms with E-state index in [4.69, 9.17) is 0 Å². The van der Waals surface area contributed by atoms with Crippen molar-refractivity contribution in [1.82, 2.24) is 14.8 Å². The number of nitrogens with one attached hydrogen (secondary N) is 1. The lowest BCUT2D eigenvalue weighted by atomic mass is 10.1. The molecule has 0 unspecified atom stereocenters. The molecule has 3 rings (SSSR count). The predicted octanol–water partition coefficient (Wildman–Crippen LogP) is 2.13. The van der Waals surface area contributed by atoms with E-state index < -0.39 is 0 Å². The lowest BCUT2D eigenvalue weighted by molar-refractivity contribution is -0.132. The van der Waals surface area contributed by atoms with Gasteiger partial charge in [-0.2, -0.15) is 0 Å². The molecule has 2 amide bonds. The Kier molecular flexibility index (Phi) is 5.51. The number of aromatic amines is 1. The maximum atomic E-state index is 12.5. The summed E-state index contributed by atoms with van der Waals surface area (Å²) < 4.78 is 0. The van der Waals surface area contributed by atoms with Crippen LogP contribution in [0.15, 0.2) is 42.6 Å². The summed E-state index contributed by atoms with van der Waals surface area (Å²) in [6.45, 7) is 3.56. The summed E-state index contributed by atoms with van der Waals surface area (Å²) in [5, 5.41) is 0. The number of H-pyrrole nitrogens is 1. The fraction of sp³-hybridized carbons (Fsp3) is 0.350. The van der Waals surface area contributed by atoms with Gasteiger partial charge in [-0.3, -0.25) is 14.4 Å². The summed E-state index contributed by atoms with van der Waals surface area (Å²) in [5.41, 5.74) is 2.07. The normalized spacial score (nSPS) is 14.3. The van der Waals surface area contributed by atoms with Crippen molar-refractivity contribution >= 4 is 17.6 Å². The second kappa shape index (κ2) is 7.99. The SMILES string of the molecule is CC(=O)c1c[nH]c(C(=O)N2CCN(C(=O)CCc3ccccc3)CC2)c1. The number of rotatable bonds is 5. The molecule has 136 valence electrons. The van der Waals surface area contributed by atoms with Crippen molar-refractivity contribution in [3.63, 3.8) is 0 Å². The Hall–Kier alpha value is -2.89. The van der Waals surface area contributed by atoms with E-state index in [0.29, 0.717) is 43.9 Å². The monoisotopic (exact) mass is 353 g/mol. The Morgan fingerprint density at radius 2 is 1.65 bits per heavy atom. The van der Waals surface area contributed by atoms with Crippen LogP contribution in [0, 0.1) is 0 Å². The van der Waals surface area contributed by atoms with E-state index >= 15 is 0 Å². The molecule has 0 bridgehead atoms. The Balaban J connectivity index is 1.49. The number of hydrogen-bond donors (Lipinski definition) is 1. The first-order valence-corrected chi connectivity index (χ1v) is 8.85. The fourth-order valence-corrected chi connectivity index (χ4v) is 3.10. The third-order valence-electron chi connectivity index (χ3n) is 4.71. The molecule has 1 aromatic heterocycles. The van der Waals surface area contributed by atoms with Crippen molar-refractivity contribution in [2.45, 2.75) is 19.8 Å². The summed E-state index contributed by atoms with van der Waals surface area (Å²) in [5.74, 6) is -0.0808. The third-order valence-corrected chi connectivity index (χ3v) is 4.71. The smallest absolute Gasteiger partial charge is 0.270 e. The molecule has 1 fully saturated rings. The lowest BCUT2D eigenvalue weighted by Crippen LogP contribution is -2.50. The number of carbonyl (C=O) groups excluding carboxylic acids is 3. The largest absolute Gasteiger partial charge is 0.356 e. The third kappa shape index (κ3) is 4.20. The summed E-state index contributed by atoms with van der Waals surface area (Å²) in [6, 6.07) is 11.5. The van der Waals surface area contributed by atoms with Crippen molar-refractivity contribution in [3.05, 3.63) is 59.4 Å². The summed E-state index contributed by atoms with van der Waals surface area (Å²) in [7, 11) is 0. The molecule has 26 heavy (non-hydrogen) atoms. The van der Waals surface area contributed by atoms with Crippen LogP contribution in [0.25, 0.3) is 0 Å². The molecule has 1 aliphatic heterocycles. The minimum absolute atomic E-state index is 0.0749. The highest BCUT2D eigenvalue weighted by Gasteiger charge is 2.25. The fourth-order valence-electron chi connectivity index (χ4n) is 3.10. The summed E-state index contributed by atoms with van der Waals surface area (Å²) in [6.07, 6.45) is 2.77. The van der Waals surface area contributed by atoms with Crippen molar-refractivity contribution in [1.29, 1.82) is 0 Å². The number of aromatic nitrogens is 1. The number of Topliss-reactive ketones (excluding diaryl/α,β-unsaturated/α-hetero) is 1. The van der Waals surface area contributed by atoms with Gasteiger partial charge in [0, 0.05) is 44.4 Å². The van der Waals surface area contributed by atoms with Crippen molar-refractivity contribution in [3.8, 4) is 0 Å². The number of carbonyl (C=O) groups is 3. The Morgan fingerprint density at radius 1 is 1.00 bits per heavy atom. The topological polar surface area (TPSA) is 73.5 Å². The molecule has 1 aromatic carbocycles. The number of amides is 2. The second-order valence-electron chi connectivity index (χ2n) is 6.52. The Morgan fingerprint density at radius 3 is 2.27 bits per heavy atom. The molecular weight excluding hydrogens is 330 g/mol. The van der Waals surface area contributed by atoms with Crippen LogP contribution in [0.1, 0.15) is 39.8 Å². The Labute approximate surface area is 152 Å². The molecule has 1 aliphatic rings. The number of nitrogens with zero attached hydrogens (tertiary/aromatic N) is 2. The maximum Gasteiger partial charge on any atom is 0.270 e. The van der Waals surface area contributed by atoms with E-state index in [1.165, 1.54) is 6.92 Å². The van der Waals surface area contributed by atoms with Gasteiger partial charge in [0.05, 0.1) is 0 Å². The lowest BCUT2D eigenvalue weighted by Gasteiger charge is -2.34. The van der Waals surface area contributed by atoms with Gasteiger partial charge >= 0.3 is 0 Å². The van der Waals surface area contributed by atoms with E-state index in [-0.39, 0.29) is 17.6 Å². The molecule has 0 spiro atoms. The average molecular weight is 353 g/mol. The van der Waals surface area contributed by atoms with Gasteiger partial charge in [0.1, 0.15) is 5.69 Å². The molecule has 6 nitrogen and oxygen atoms in total.